The van der Waals surface area contributed by atoms with Crippen molar-refractivity contribution in [2.75, 3.05) is 11.0 Å². The molecular formula is C30H35FN4O5S. The molecule has 41 heavy (non-hydrogen) atoms. The van der Waals surface area contributed by atoms with E-state index in [4.69, 9.17) is 4.74 Å². The maximum atomic E-state index is 15.1. The van der Waals surface area contributed by atoms with Crippen LogP contribution in [0.25, 0.3) is 11.1 Å². The summed E-state index contributed by atoms with van der Waals surface area (Å²) in [6.07, 6.45) is 1.25. The Morgan fingerprint density at radius 3 is 2.39 bits per heavy atom. The van der Waals surface area contributed by atoms with E-state index >= 15 is 4.39 Å². The van der Waals surface area contributed by atoms with Gasteiger partial charge in [-0.25, -0.2) is 17.6 Å². The topological polar surface area (TPSA) is 129 Å². The lowest BCUT2D eigenvalue weighted by Gasteiger charge is -2.35. The number of ether oxygens (including phenoxy) is 1. The number of anilines is 1. The predicted octanol–water partition coefficient (Wildman–Crippen LogP) is 4.30. The van der Waals surface area contributed by atoms with Gasteiger partial charge in [0, 0.05) is 18.2 Å². The zero-order valence-corrected chi connectivity index (χ0v) is 24.5. The van der Waals surface area contributed by atoms with E-state index in [1.165, 1.54) is 6.07 Å². The quantitative estimate of drug-likeness (QED) is 0.501. The molecule has 11 heteroatoms. The standard InChI is InChI=1S/C30H35FN4O5S/c1-16-25-22-14-24(26(16)25)35(29(37)40-30(2,3)4)27(22)28(36)33-21(15-32)12-19-7-6-18(13-23(19)31)17-8-10-20(11-9-17)34-41(5,38)39/h6-11,13,16,21-22,24-27,34H,12,14H2,1-5H3,(H,33,36)/t16-,21-,22+,24-,25?,26?,27-/m0/s1. The fourth-order valence-electron chi connectivity index (χ4n) is 6.78. The Morgan fingerprint density at radius 2 is 1.80 bits per heavy atom. The molecule has 218 valence electrons. The molecule has 2 aromatic rings. The van der Waals surface area contributed by atoms with Gasteiger partial charge in [0.15, 0.2) is 0 Å². The summed E-state index contributed by atoms with van der Waals surface area (Å²) < 4.78 is 46.0. The third kappa shape index (κ3) is 5.89. The normalized spacial score (nSPS) is 27.0. The monoisotopic (exact) mass is 582 g/mol. The van der Waals surface area contributed by atoms with Crippen LogP contribution in [0.15, 0.2) is 42.5 Å². The van der Waals surface area contributed by atoms with Gasteiger partial charge in [-0.3, -0.25) is 14.4 Å². The Morgan fingerprint density at radius 1 is 1.15 bits per heavy atom. The highest BCUT2D eigenvalue weighted by molar-refractivity contribution is 7.92. The number of hydrogen-bond donors (Lipinski definition) is 2. The molecule has 2 aliphatic carbocycles. The summed E-state index contributed by atoms with van der Waals surface area (Å²) in [4.78, 5) is 28.3. The van der Waals surface area contributed by atoms with E-state index in [-0.39, 0.29) is 23.9 Å². The fraction of sp³-hybridized carbons (Fsp3) is 0.500. The summed E-state index contributed by atoms with van der Waals surface area (Å²) in [5.74, 6) is 0.279. The first-order valence-corrected chi connectivity index (χ1v) is 15.6. The number of carbonyl (C=O) groups excluding carboxylic acids is 2. The summed E-state index contributed by atoms with van der Waals surface area (Å²) in [5, 5.41) is 12.6. The van der Waals surface area contributed by atoms with Crippen molar-refractivity contribution in [2.45, 2.75) is 64.3 Å². The maximum absolute atomic E-state index is 15.1. The highest BCUT2D eigenvalue weighted by Crippen LogP contribution is 2.67. The van der Waals surface area contributed by atoms with Crippen molar-refractivity contribution in [3.05, 3.63) is 53.8 Å². The van der Waals surface area contributed by atoms with Gasteiger partial charge in [0.25, 0.3) is 0 Å². The average molecular weight is 583 g/mol. The zero-order chi connectivity index (χ0) is 29.9. The summed E-state index contributed by atoms with van der Waals surface area (Å²) >= 11 is 0. The molecule has 0 aromatic heterocycles. The Bertz CT molecular complexity index is 1510. The Hall–Kier alpha value is -3.65. The minimum Gasteiger partial charge on any atom is -0.444 e. The molecule has 1 saturated heterocycles. The lowest BCUT2D eigenvalue weighted by molar-refractivity contribution is -0.128. The number of amides is 2. The fourth-order valence-corrected chi connectivity index (χ4v) is 7.34. The third-order valence-corrected chi connectivity index (χ3v) is 8.98. The molecule has 2 saturated carbocycles. The van der Waals surface area contributed by atoms with E-state index in [1.54, 1.807) is 62.1 Å². The second-order valence-corrected chi connectivity index (χ2v) is 14.2. The van der Waals surface area contributed by atoms with Crippen LogP contribution in [0.5, 0.6) is 0 Å². The van der Waals surface area contributed by atoms with Crippen molar-refractivity contribution in [2.24, 2.45) is 23.7 Å². The van der Waals surface area contributed by atoms with Crippen LogP contribution in [0, 0.1) is 40.8 Å². The number of nitrogens with one attached hydrogen (secondary N) is 2. The van der Waals surface area contributed by atoms with Crippen LogP contribution in [0.4, 0.5) is 14.9 Å². The molecule has 2 N–H and O–H groups in total. The van der Waals surface area contributed by atoms with E-state index in [0.29, 0.717) is 34.6 Å². The van der Waals surface area contributed by atoms with Gasteiger partial charge in [-0.2, -0.15) is 5.26 Å². The predicted molar refractivity (Wildman–Crippen MR) is 151 cm³/mol. The number of halogens is 1. The minimum absolute atomic E-state index is 0.0157. The summed E-state index contributed by atoms with van der Waals surface area (Å²) in [6.45, 7) is 7.50. The van der Waals surface area contributed by atoms with Gasteiger partial charge in [-0.1, -0.05) is 31.2 Å². The van der Waals surface area contributed by atoms with Gasteiger partial charge in [-0.15, -0.1) is 0 Å². The number of nitriles is 1. The van der Waals surface area contributed by atoms with Crippen LogP contribution in [-0.2, 0) is 26.0 Å². The number of sulfonamides is 1. The van der Waals surface area contributed by atoms with Crippen molar-refractivity contribution in [3.8, 4) is 17.2 Å². The van der Waals surface area contributed by atoms with Crippen LogP contribution >= 0.6 is 0 Å². The van der Waals surface area contributed by atoms with Crippen LogP contribution in [0.2, 0.25) is 0 Å². The van der Waals surface area contributed by atoms with Gasteiger partial charge in [-0.05, 0) is 85.8 Å². The van der Waals surface area contributed by atoms with Crippen molar-refractivity contribution in [1.82, 2.24) is 10.2 Å². The first-order valence-electron chi connectivity index (χ1n) is 13.7. The Kier molecular flexibility index (Phi) is 7.26. The molecule has 2 aromatic carbocycles. The van der Waals surface area contributed by atoms with E-state index in [0.717, 1.165) is 12.7 Å². The highest BCUT2D eigenvalue weighted by Gasteiger charge is 2.71. The van der Waals surface area contributed by atoms with Crippen molar-refractivity contribution in [3.63, 3.8) is 0 Å². The van der Waals surface area contributed by atoms with Gasteiger partial charge in [0.2, 0.25) is 15.9 Å². The lowest BCUT2D eigenvalue weighted by atomic mass is 9.94. The first-order chi connectivity index (χ1) is 19.2. The number of fused-ring (bicyclic) bond motifs is 5. The SMILES string of the molecule is C[C@H]1C2C1[C@@H]1C[C@H]2[C@@H](C(=O)N[C@H](C#N)Cc2ccc(-c3ccc(NS(C)(=O)=O)cc3)cc2F)N1C(=O)OC(C)(C)C. The van der Waals surface area contributed by atoms with E-state index in [9.17, 15) is 23.3 Å². The number of hydrogen-bond acceptors (Lipinski definition) is 6. The van der Waals surface area contributed by atoms with Crippen LogP contribution in [0.3, 0.4) is 0 Å². The summed E-state index contributed by atoms with van der Waals surface area (Å²) in [6, 6.07) is 11.5. The molecule has 2 amide bonds. The van der Waals surface area contributed by atoms with Gasteiger partial charge in [0.05, 0.1) is 12.3 Å². The zero-order valence-electron chi connectivity index (χ0n) is 23.7. The molecule has 1 heterocycles. The largest absolute Gasteiger partial charge is 0.444 e. The summed E-state index contributed by atoms with van der Waals surface area (Å²) in [5.41, 5.74) is 1.23. The molecule has 5 rings (SSSR count). The highest BCUT2D eigenvalue weighted by atomic mass is 32.2. The van der Waals surface area contributed by atoms with Crippen molar-refractivity contribution < 1.29 is 27.1 Å². The number of likely N-dealkylation sites (tertiary alicyclic amines) is 1. The second-order valence-electron chi connectivity index (χ2n) is 12.5. The van der Waals surface area contributed by atoms with Crippen LogP contribution in [0.1, 0.15) is 39.7 Å². The first kappa shape index (κ1) is 28.9. The van der Waals surface area contributed by atoms with Gasteiger partial charge < -0.3 is 10.1 Å². The molecule has 3 fully saturated rings. The molecular weight excluding hydrogens is 547 g/mol. The third-order valence-electron chi connectivity index (χ3n) is 8.38. The molecule has 1 aliphatic heterocycles. The number of nitrogens with zero attached hydrogens (tertiary/aromatic N) is 2. The molecule has 2 unspecified atom stereocenters. The van der Waals surface area contributed by atoms with Crippen molar-refractivity contribution >= 4 is 27.7 Å². The van der Waals surface area contributed by atoms with E-state index in [1.807, 2.05) is 0 Å². The molecule has 2 bridgehead atoms. The smallest absolute Gasteiger partial charge is 0.411 e. The second kappa shape index (κ2) is 10.3. The average Bonchev–Trinajstić information content (AvgIpc) is 3.21. The van der Waals surface area contributed by atoms with Gasteiger partial charge >= 0.3 is 6.09 Å². The van der Waals surface area contributed by atoms with Crippen LogP contribution < -0.4 is 10.0 Å². The van der Waals surface area contributed by atoms with Crippen LogP contribution in [-0.4, -0.2) is 55.3 Å². The van der Waals surface area contributed by atoms with Gasteiger partial charge in [0.1, 0.15) is 23.5 Å². The van der Waals surface area contributed by atoms with E-state index < -0.39 is 45.5 Å². The molecule has 3 aliphatic rings. The Labute approximate surface area is 240 Å². The number of rotatable bonds is 7. The molecule has 0 spiro atoms. The lowest BCUT2D eigenvalue weighted by Crippen LogP contribution is -2.56. The molecule has 7 atom stereocenters. The summed E-state index contributed by atoms with van der Waals surface area (Å²) in [7, 11) is -3.41. The number of benzene rings is 2. The van der Waals surface area contributed by atoms with E-state index in [2.05, 4.69) is 23.0 Å². The Balaban J connectivity index is 1.28. The number of carbonyl (C=O) groups is 2. The van der Waals surface area contributed by atoms with Crippen molar-refractivity contribution in [1.29, 1.82) is 5.26 Å². The maximum Gasteiger partial charge on any atom is 0.411 e. The minimum atomic E-state index is -3.41. The molecule has 0 radical (unpaired) electrons. The molecule has 9 nitrogen and oxygen atoms in total. The number of piperidine rings is 1.